The lowest BCUT2D eigenvalue weighted by Crippen LogP contribution is -2.22. The number of sulfone groups is 1. The number of ether oxygens (including phenoxy) is 2. The Morgan fingerprint density at radius 2 is 1.78 bits per heavy atom. The first-order chi connectivity index (χ1) is 17.4. The number of fused-ring (bicyclic) bond motifs is 1. The molecule has 8 nitrogen and oxygen atoms in total. The van der Waals surface area contributed by atoms with E-state index in [1.165, 1.54) is 19.1 Å². The Labute approximate surface area is 218 Å². The molecule has 0 aliphatic rings. The van der Waals surface area contributed by atoms with Crippen LogP contribution in [0.2, 0.25) is 25.7 Å². The number of hydrogen-bond donors (Lipinski definition) is 0. The molecule has 37 heavy (non-hydrogen) atoms. The molecule has 4 aromatic rings. The smallest absolute Gasteiger partial charge is 0.175 e. The zero-order chi connectivity index (χ0) is 26.8. The number of rotatable bonds is 10. The Hall–Kier alpha value is -3.34. The summed E-state index contributed by atoms with van der Waals surface area (Å²) in [5.74, 6) is 1.21. The van der Waals surface area contributed by atoms with E-state index < -0.39 is 17.9 Å². The lowest BCUT2D eigenvalue weighted by molar-refractivity contribution is 0.0908. The summed E-state index contributed by atoms with van der Waals surface area (Å²) < 4.78 is 37.6. The Bertz CT molecular complexity index is 1530. The van der Waals surface area contributed by atoms with E-state index in [0.717, 1.165) is 17.8 Å². The molecular formula is C27H31N3O5SSi. The van der Waals surface area contributed by atoms with Gasteiger partial charge in [-0.05, 0) is 55.4 Å². The summed E-state index contributed by atoms with van der Waals surface area (Å²) in [5.41, 5.74) is 2.44. The normalized spacial score (nSPS) is 12.1. The topological polar surface area (TPSA) is 100 Å². The minimum Gasteiger partial charge on any atom is -0.457 e. The van der Waals surface area contributed by atoms with Crippen molar-refractivity contribution in [3.05, 3.63) is 66.4 Å². The molecule has 0 bridgehead atoms. The number of imidazole rings is 1. The fourth-order valence-electron chi connectivity index (χ4n) is 3.75. The lowest BCUT2D eigenvalue weighted by atomic mass is 10.1. The number of pyridine rings is 1. The number of nitrogens with zero attached hydrogens (tertiary/aromatic N) is 3. The third kappa shape index (κ3) is 6.51. The third-order valence-corrected chi connectivity index (χ3v) is 8.65. The zero-order valence-electron chi connectivity index (χ0n) is 21.7. The monoisotopic (exact) mass is 537 g/mol. The van der Waals surface area contributed by atoms with Crippen LogP contribution in [0.1, 0.15) is 17.3 Å². The van der Waals surface area contributed by atoms with Crippen molar-refractivity contribution in [2.24, 2.45) is 0 Å². The van der Waals surface area contributed by atoms with Crippen molar-refractivity contribution >= 4 is 34.7 Å². The van der Waals surface area contributed by atoms with Gasteiger partial charge in [0.05, 0.1) is 21.5 Å². The SMILES string of the molecule is CC(=O)c1cc2c(cc1Oc1ccc(S(C)(=O)=O)cc1)nc(-c1ccccn1)n2COCC[Si](C)(C)C. The number of benzene rings is 2. The molecule has 2 aromatic carbocycles. The molecule has 0 amide bonds. The van der Waals surface area contributed by atoms with Gasteiger partial charge in [-0.15, -0.1) is 0 Å². The molecule has 0 radical (unpaired) electrons. The van der Waals surface area contributed by atoms with Gasteiger partial charge in [0, 0.05) is 33.2 Å². The number of ketones is 1. The zero-order valence-corrected chi connectivity index (χ0v) is 23.5. The predicted octanol–water partition coefficient (Wildman–Crippen LogP) is 5.81. The van der Waals surface area contributed by atoms with Gasteiger partial charge < -0.3 is 9.47 Å². The van der Waals surface area contributed by atoms with Crippen LogP contribution in [0.5, 0.6) is 11.5 Å². The highest BCUT2D eigenvalue weighted by atomic mass is 32.2. The molecule has 2 heterocycles. The highest BCUT2D eigenvalue weighted by Crippen LogP contribution is 2.33. The lowest BCUT2D eigenvalue weighted by Gasteiger charge is -2.16. The summed E-state index contributed by atoms with van der Waals surface area (Å²) in [6.07, 6.45) is 2.86. The van der Waals surface area contributed by atoms with Gasteiger partial charge >= 0.3 is 0 Å². The van der Waals surface area contributed by atoms with Crippen molar-refractivity contribution in [1.82, 2.24) is 14.5 Å². The van der Waals surface area contributed by atoms with Crippen LogP contribution in [0.15, 0.2) is 65.7 Å². The van der Waals surface area contributed by atoms with Crippen LogP contribution in [0.3, 0.4) is 0 Å². The van der Waals surface area contributed by atoms with Crippen LogP contribution in [-0.2, 0) is 21.3 Å². The molecule has 0 saturated heterocycles. The van der Waals surface area contributed by atoms with Crippen molar-refractivity contribution in [1.29, 1.82) is 0 Å². The van der Waals surface area contributed by atoms with E-state index in [9.17, 15) is 13.2 Å². The van der Waals surface area contributed by atoms with E-state index in [4.69, 9.17) is 14.5 Å². The molecule has 2 aromatic heterocycles. The van der Waals surface area contributed by atoms with Crippen LogP contribution in [-0.4, -0.2) is 49.7 Å². The van der Waals surface area contributed by atoms with Gasteiger partial charge in [0.2, 0.25) is 0 Å². The second kappa shape index (κ2) is 10.6. The van der Waals surface area contributed by atoms with Crippen LogP contribution >= 0.6 is 0 Å². The Balaban J connectivity index is 1.75. The largest absolute Gasteiger partial charge is 0.457 e. The fourth-order valence-corrected chi connectivity index (χ4v) is 5.14. The molecule has 0 saturated carbocycles. The summed E-state index contributed by atoms with van der Waals surface area (Å²) in [6, 6.07) is 16.2. The molecular weight excluding hydrogens is 506 g/mol. The van der Waals surface area contributed by atoms with Crippen molar-refractivity contribution in [3.8, 4) is 23.0 Å². The summed E-state index contributed by atoms with van der Waals surface area (Å²) in [5, 5.41) is 0. The van der Waals surface area contributed by atoms with Crippen LogP contribution in [0.25, 0.3) is 22.6 Å². The Morgan fingerprint density at radius 1 is 1.05 bits per heavy atom. The highest BCUT2D eigenvalue weighted by molar-refractivity contribution is 7.90. The number of carbonyl (C=O) groups excluding carboxylic acids is 1. The second-order valence-electron chi connectivity index (χ2n) is 10.2. The van der Waals surface area contributed by atoms with Crippen LogP contribution in [0.4, 0.5) is 0 Å². The minimum absolute atomic E-state index is 0.170. The van der Waals surface area contributed by atoms with Gasteiger partial charge in [0.15, 0.2) is 21.4 Å². The maximum atomic E-state index is 12.6. The molecule has 0 aliphatic heterocycles. The van der Waals surface area contributed by atoms with E-state index in [-0.39, 0.29) is 17.4 Å². The van der Waals surface area contributed by atoms with E-state index in [0.29, 0.717) is 40.7 Å². The molecule has 10 heteroatoms. The molecule has 0 unspecified atom stereocenters. The van der Waals surface area contributed by atoms with E-state index in [2.05, 4.69) is 24.6 Å². The number of carbonyl (C=O) groups is 1. The van der Waals surface area contributed by atoms with E-state index in [1.807, 2.05) is 22.8 Å². The molecule has 0 aliphatic carbocycles. The first-order valence-electron chi connectivity index (χ1n) is 11.9. The van der Waals surface area contributed by atoms with Gasteiger partial charge in [0.1, 0.15) is 23.9 Å². The quantitative estimate of drug-likeness (QED) is 0.143. The summed E-state index contributed by atoms with van der Waals surface area (Å²) in [7, 11) is -4.58. The first kappa shape index (κ1) is 26.7. The van der Waals surface area contributed by atoms with Gasteiger partial charge in [-0.3, -0.25) is 14.3 Å². The Kier molecular flexibility index (Phi) is 7.63. The van der Waals surface area contributed by atoms with Gasteiger partial charge in [-0.1, -0.05) is 25.7 Å². The van der Waals surface area contributed by atoms with Gasteiger partial charge in [0.25, 0.3) is 0 Å². The van der Waals surface area contributed by atoms with Crippen LogP contribution in [0, 0.1) is 0 Å². The van der Waals surface area contributed by atoms with Crippen molar-refractivity contribution < 1.29 is 22.7 Å². The molecule has 0 atom stereocenters. The predicted molar refractivity (Wildman–Crippen MR) is 147 cm³/mol. The third-order valence-electron chi connectivity index (χ3n) is 5.82. The fraction of sp³-hybridized carbons (Fsp3) is 0.296. The highest BCUT2D eigenvalue weighted by Gasteiger charge is 2.20. The number of hydrogen-bond acceptors (Lipinski definition) is 7. The second-order valence-corrected chi connectivity index (χ2v) is 17.8. The first-order valence-corrected chi connectivity index (χ1v) is 17.5. The maximum Gasteiger partial charge on any atom is 0.175 e. The van der Waals surface area contributed by atoms with Crippen molar-refractivity contribution in [2.45, 2.75) is 44.2 Å². The van der Waals surface area contributed by atoms with Gasteiger partial charge in [-0.25, -0.2) is 13.4 Å². The number of Topliss-reactive ketones (excluding diaryl/α,β-unsaturated/α-hetero) is 1. The molecule has 194 valence electrons. The number of aromatic nitrogens is 3. The maximum absolute atomic E-state index is 12.6. The summed E-state index contributed by atoms with van der Waals surface area (Å²) >= 11 is 0. The van der Waals surface area contributed by atoms with E-state index >= 15 is 0 Å². The average Bonchev–Trinajstić information content (AvgIpc) is 3.18. The van der Waals surface area contributed by atoms with Crippen molar-refractivity contribution in [2.75, 3.05) is 12.9 Å². The summed E-state index contributed by atoms with van der Waals surface area (Å²) in [4.78, 5) is 22.1. The molecule has 0 fully saturated rings. The molecule has 4 rings (SSSR count). The Morgan fingerprint density at radius 3 is 2.38 bits per heavy atom. The average molecular weight is 538 g/mol. The van der Waals surface area contributed by atoms with Crippen LogP contribution < -0.4 is 4.74 Å². The van der Waals surface area contributed by atoms with E-state index in [1.54, 1.807) is 30.5 Å². The summed E-state index contributed by atoms with van der Waals surface area (Å²) in [6.45, 7) is 9.30. The standard InChI is InChI=1S/C27H31N3O5SSi/c1-19(31)22-16-25-24(17-26(22)35-20-9-11-21(12-10-20)36(2,32)33)29-27(23-8-6-7-13-28-23)30(25)18-34-14-15-37(3,4)5/h6-13,16-17H,14-15,18H2,1-5H3. The molecule has 0 spiro atoms. The molecule has 0 N–H and O–H groups in total. The minimum atomic E-state index is -3.33. The van der Waals surface area contributed by atoms with Gasteiger partial charge in [-0.2, -0.15) is 0 Å². The van der Waals surface area contributed by atoms with Crippen molar-refractivity contribution in [3.63, 3.8) is 0 Å².